The Bertz CT molecular complexity index is 733. The highest BCUT2D eigenvalue weighted by Gasteiger charge is 2.37. The molecule has 0 radical (unpaired) electrons. The van der Waals surface area contributed by atoms with Crippen LogP contribution in [0.25, 0.3) is 0 Å². The van der Waals surface area contributed by atoms with Crippen LogP contribution in [0.1, 0.15) is 13.3 Å². The number of hydrogen-bond acceptors (Lipinski definition) is 8. The fraction of sp³-hybridized carbons (Fsp3) is 0.421. The van der Waals surface area contributed by atoms with E-state index in [0.717, 1.165) is 25.2 Å². The summed E-state index contributed by atoms with van der Waals surface area (Å²) in [5.41, 5.74) is -2.10. The molecule has 5 unspecified atom stereocenters. The molecule has 0 saturated carbocycles. The molecule has 0 aromatic rings. The van der Waals surface area contributed by atoms with Crippen molar-refractivity contribution >= 4 is 13.8 Å². The van der Waals surface area contributed by atoms with Gasteiger partial charge in [0.05, 0.1) is 12.7 Å². The van der Waals surface area contributed by atoms with Crippen LogP contribution in [0.4, 0.5) is 0 Å². The summed E-state index contributed by atoms with van der Waals surface area (Å²) in [5.74, 6) is -1.35. The van der Waals surface area contributed by atoms with Crippen LogP contribution in [0.5, 0.6) is 0 Å². The van der Waals surface area contributed by atoms with Gasteiger partial charge in [-0.15, -0.1) is 0 Å². The van der Waals surface area contributed by atoms with Crippen molar-refractivity contribution in [2.75, 3.05) is 6.61 Å². The molecule has 0 aliphatic rings. The Balaban J connectivity index is 5.33. The minimum absolute atomic E-state index is 0.137. The summed E-state index contributed by atoms with van der Waals surface area (Å²) in [6.07, 6.45) is 5.41. The van der Waals surface area contributed by atoms with Crippen molar-refractivity contribution < 1.29 is 54.3 Å². The summed E-state index contributed by atoms with van der Waals surface area (Å²) in [6, 6.07) is 0. The van der Waals surface area contributed by atoms with Crippen LogP contribution >= 0.6 is 7.82 Å². The van der Waals surface area contributed by atoms with Crippen LogP contribution in [0, 0.1) is 0 Å². The summed E-state index contributed by atoms with van der Waals surface area (Å²) in [5, 5.41) is 57.2. The summed E-state index contributed by atoms with van der Waals surface area (Å²) >= 11 is 0. The third-order valence-corrected chi connectivity index (χ3v) is 4.23. The van der Waals surface area contributed by atoms with E-state index in [1.807, 2.05) is 0 Å². The van der Waals surface area contributed by atoms with E-state index in [2.05, 4.69) is 4.52 Å². The van der Waals surface area contributed by atoms with E-state index < -0.39 is 50.2 Å². The molecule has 5 atom stereocenters. The van der Waals surface area contributed by atoms with Crippen molar-refractivity contribution in [2.45, 2.75) is 43.4 Å². The summed E-state index contributed by atoms with van der Waals surface area (Å²) in [7, 11) is -5.07. The van der Waals surface area contributed by atoms with Crippen LogP contribution in [0.15, 0.2) is 60.8 Å². The Morgan fingerprint density at radius 2 is 1.61 bits per heavy atom. The van der Waals surface area contributed by atoms with Gasteiger partial charge in [0.1, 0.15) is 23.9 Å². The molecule has 0 aliphatic carbocycles. The first-order valence-electron chi connectivity index (χ1n) is 9.00. The van der Waals surface area contributed by atoms with Crippen molar-refractivity contribution in [2.24, 2.45) is 0 Å². The molecular formula is C19H29O11P. The molecule has 176 valence electrons. The summed E-state index contributed by atoms with van der Waals surface area (Å²) in [6.45, 7) is 0.967. The van der Waals surface area contributed by atoms with Crippen molar-refractivity contribution in [3.8, 4) is 0 Å². The van der Waals surface area contributed by atoms with Crippen LogP contribution in [0.3, 0.4) is 0 Å². The van der Waals surface area contributed by atoms with Crippen LogP contribution < -0.4 is 0 Å². The molecule has 0 aromatic carbocycles. The number of hydrogen-bond donors (Lipinski definition) is 8. The third-order valence-electron chi connectivity index (χ3n) is 3.70. The van der Waals surface area contributed by atoms with Gasteiger partial charge in [0.15, 0.2) is 0 Å². The number of rotatable bonds is 14. The largest absolute Gasteiger partial charge is 0.478 e. The minimum Gasteiger partial charge on any atom is -0.478 e. The molecule has 8 N–H and O–H groups in total. The van der Waals surface area contributed by atoms with Crippen molar-refractivity contribution in [3.63, 3.8) is 0 Å². The third kappa shape index (κ3) is 14.7. The molecule has 0 aliphatic heterocycles. The van der Waals surface area contributed by atoms with Crippen molar-refractivity contribution in [1.82, 2.24) is 0 Å². The highest BCUT2D eigenvalue weighted by molar-refractivity contribution is 7.46. The Kier molecular flexibility index (Phi) is 13.3. The molecule has 11 nitrogen and oxygen atoms in total. The number of allylic oxidation sites excluding steroid dienone is 4. The predicted octanol–water partition coefficient (Wildman–Crippen LogP) is -0.454. The molecule has 0 spiro atoms. The highest BCUT2D eigenvalue weighted by Crippen LogP contribution is 2.41. The molecule has 12 heteroatoms. The zero-order chi connectivity index (χ0) is 24.1. The van der Waals surface area contributed by atoms with E-state index in [0.29, 0.717) is 6.08 Å². The first-order valence-corrected chi connectivity index (χ1v) is 10.5. The Morgan fingerprint density at radius 1 is 1.03 bits per heavy atom. The Morgan fingerprint density at radius 3 is 2.16 bits per heavy atom. The van der Waals surface area contributed by atoms with Crippen LogP contribution in [-0.2, 0) is 13.9 Å². The van der Waals surface area contributed by atoms with Gasteiger partial charge < -0.3 is 40.4 Å². The van der Waals surface area contributed by atoms with Crippen LogP contribution in [0.2, 0.25) is 0 Å². The average molecular weight is 464 g/mol. The van der Waals surface area contributed by atoms with Gasteiger partial charge in [-0.05, 0) is 13.0 Å². The van der Waals surface area contributed by atoms with Gasteiger partial charge in [-0.2, -0.15) is 0 Å². The lowest BCUT2D eigenvalue weighted by molar-refractivity contribution is -0.131. The average Bonchev–Trinajstić information content (AvgIpc) is 2.65. The fourth-order valence-corrected chi connectivity index (χ4v) is 2.75. The second-order valence-corrected chi connectivity index (χ2v) is 7.72. The van der Waals surface area contributed by atoms with Crippen molar-refractivity contribution in [1.29, 1.82) is 0 Å². The Hall–Kier alpha value is -1.92. The van der Waals surface area contributed by atoms with E-state index in [-0.39, 0.29) is 6.61 Å². The van der Waals surface area contributed by atoms with E-state index in [1.54, 1.807) is 12.2 Å². The zero-order valence-electron chi connectivity index (χ0n) is 16.7. The standard InChI is InChI=1S/C19H29O11P/c1-19(26,11-10-16(23)15(22)8-9-18(24)25)17(30-31(27,28)29)13-14(21)7-5-3-2-4-6-12-20/h2-11,14-17,20-23,26H,12-13H2,1H3,(H,24,25)(H2,27,28,29). The van der Waals surface area contributed by atoms with Gasteiger partial charge in [0, 0.05) is 12.5 Å². The smallest absolute Gasteiger partial charge is 0.469 e. The second kappa shape index (κ2) is 14.2. The number of carbonyl (C=O) groups is 1. The molecule has 0 fully saturated rings. The molecule has 0 rings (SSSR count). The number of aliphatic carboxylic acids is 1. The second-order valence-electron chi connectivity index (χ2n) is 6.53. The topological polar surface area (TPSA) is 205 Å². The number of carboxylic acid groups (broad SMARTS) is 1. The van der Waals surface area contributed by atoms with E-state index in [1.165, 1.54) is 24.3 Å². The summed E-state index contributed by atoms with van der Waals surface area (Å²) < 4.78 is 15.9. The van der Waals surface area contributed by atoms with Crippen LogP contribution in [-0.4, -0.2) is 83.0 Å². The lowest BCUT2D eigenvalue weighted by Gasteiger charge is -2.31. The van der Waals surface area contributed by atoms with Gasteiger partial charge in [0.2, 0.25) is 0 Å². The number of aliphatic hydroxyl groups is 5. The Labute approximate surface area is 179 Å². The van der Waals surface area contributed by atoms with E-state index in [4.69, 9.17) is 20.0 Å². The lowest BCUT2D eigenvalue weighted by atomic mass is 9.93. The normalized spacial score (nSPS) is 19.5. The molecule has 31 heavy (non-hydrogen) atoms. The number of phosphoric ester groups is 1. The van der Waals surface area contributed by atoms with Gasteiger partial charge in [-0.3, -0.25) is 4.52 Å². The monoisotopic (exact) mass is 464 g/mol. The molecule has 0 saturated heterocycles. The SMILES string of the molecule is CC(O)(C=CC(O)C(O)C=CC(=O)O)C(CC(O)C=CC=CC=CCO)OP(=O)(O)O. The zero-order valence-corrected chi connectivity index (χ0v) is 17.6. The first-order chi connectivity index (χ1) is 14.3. The first kappa shape index (κ1) is 29.1. The maximum atomic E-state index is 11.3. The van der Waals surface area contributed by atoms with Gasteiger partial charge in [0.25, 0.3) is 0 Å². The van der Waals surface area contributed by atoms with E-state index >= 15 is 0 Å². The maximum Gasteiger partial charge on any atom is 0.469 e. The fourth-order valence-electron chi connectivity index (χ4n) is 2.12. The van der Waals surface area contributed by atoms with E-state index in [9.17, 15) is 29.8 Å². The molecule has 0 heterocycles. The number of phosphoric acid groups is 1. The molecule has 0 bridgehead atoms. The number of aliphatic hydroxyl groups excluding tert-OH is 4. The number of carboxylic acids is 1. The molecule has 0 amide bonds. The quantitative estimate of drug-likeness (QED) is 0.0715. The van der Waals surface area contributed by atoms with Gasteiger partial charge in [-0.1, -0.05) is 48.6 Å². The molecule has 0 aromatic heterocycles. The minimum atomic E-state index is -5.07. The highest BCUT2D eigenvalue weighted by atomic mass is 31.2. The summed E-state index contributed by atoms with van der Waals surface area (Å²) in [4.78, 5) is 28.7. The predicted molar refractivity (Wildman–Crippen MR) is 111 cm³/mol. The maximum absolute atomic E-state index is 11.3. The van der Waals surface area contributed by atoms with Gasteiger partial charge in [-0.25, -0.2) is 9.36 Å². The molecular weight excluding hydrogens is 435 g/mol. The van der Waals surface area contributed by atoms with Gasteiger partial charge >= 0.3 is 13.8 Å². The lowest BCUT2D eigenvalue weighted by Crippen LogP contribution is -2.41. The van der Waals surface area contributed by atoms with Crippen molar-refractivity contribution in [3.05, 3.63) is 60.8 Å².